The Morgan fingerprint density at radius 2 is 2.20 bits per heavy atom. The summed E-state index contributed by atoms with van der Waals surface area (Å²) in [6.07, 6.45) is 0.412. The lowest BCUT2D eigenvalue weighted by Crippen LogP contribution is -2.35. The van der Waals surface area contributed by atoms with Gasteiger partial charge >= 0.3 is 0 Å². The van der Waals surface area contributed by atoms with Gasteiger partial charge < -0.3 is 10.6 Å². The first-order valence-electron chi connectivity index (χ1n) is 5.05. The molecule has 0 bridgehead atoms. The molecule has 6 heteroatoms. The van der Waals surface area contributed by atoms with Crippen molar-refractivity contribution in [3.8, 4) is 0 Å². The fourth-order valence-corrected chi connectivity index (χ4v) is 3.82. The van der Waals surface area contributed by atoms with Crippen LogP contribution in [0.5, 0.6) is 0 Å². The van der Waals surface area contributed by atoms with Gasteiger partial charge in [0.1, 0.15) is 5.25 Å². The first kappa shape index (κ1) is 12.4. The summed E-state index contributed by atoms with van der Waals surface area (Å²) in [6, 6.07) is 0. The zero-order chi connectivity index (χ0) is 11.6. The van der Waals surface area contributed by atoms with Crippen LogP contribution in [-0.4, -0.2) is 50.4 Å². The van der Waals surface area contributed by atoms with Crippen molar-refractivity contribution < 1.29 is 13.2 Å². The maximum absolute atomic E-state index is 11.9. The van der Waals surface area contributed by atoms with Crippen molar-refractivity contribution in [2.45, 2.75) is 18.6 Å². The lowest BCUT2D eigenvalue weighted by molar-refractivity contribution is -0.126. The normalized spacial score (nSPS) is 24.6. The Morgan fingerprint density at radius 3 is 2.60 bits per heavy atom. The average Bonchev–Trinajstić information content (AvgIpc) is 2.47. The minimum Gasteiger partial charge on any atom is -0.345 e. The van der Waals surface area contributed by atoms with Crippen LogP contribution in [0.25, 0.3) is 0 Å². The van der Waals surface area contributed by atoms with E-state index in [-0.39, 0.29) is 17.6 Å². The molecule has 0 aromatic carbocycles. The second-order valence-corrected chi connectivity index (χ2v) is 6.44. The van der Waals surface area contributed by atoms with Gasteiger partial charge in [-0.1, -0.05) is 6.92 Å². The summed E-state index contributed by atoms with van der Waals surface area (Å²) < 4.78 is 23.7. The first-order chi connectivity index (χ1) is 6.88. The SMILES string of the molecule is CC(CN)CS(=O)(=O)C1CCN(C)C1=O. The van der Waals surface area contributed by atoms with Gasteiger partial charge in [0.25, 0.3) is 0 Å². The van der Waals surface area contributed by atoms with Gasteiger partial charge in [-0.3, -0.25) is 4.79 Å². The van der Waals surface area contributed by atoms with Crippen LogP contribution in [0.15, 0.2) is 0 Å². The number of rotatable bonds is 4. The van der Waals surface area contributed by atoms with Crippen LogP contribution in [0.1, 0.15) is 13.3 Å². The predicted molar refractivity (Wildman–Crippen MR) is 58.0 cm³/mol. The van der Waals surface area contributed by atoms with E-state index in [0.29, 0.717) is 19.5 Å². The highest BCUT2D eigenvalue weighted by Gasteiger charge is 2.39. The third-order valence-corrected chi connectivity index (χ3v) is 5.07. The van der Waals surface area contributed by atoms with Crippen molar-refractivity contribution in [1.82, 2.24) is 4.90 Å². The van der Waals surface area contributed by atoms with E-state index in [0.717, 1.165) is 0 Å². The molecular weight excluding hydrogens is 216 g/mol. The zero-order valence-electron chi connectivity index (χ0n) is 9.14. The first-order valence-corrected chi connectivity index (χ1v) is 6.76. The molecule has 1 fully saturated rings. The average molecular weight is 234 g/mol. The fraction of sp³-hybridized carbons (Fsp3) is 0.889. The van der Waals surface area contributed by atoms with Gasteiger partial charge in [-0.2, -0.15) is 0 Å². The van der Waals surface area contributed by atoms with Gasteiger partial charge in [-0.25, -0.2) is 8.42 Å². The maximum Gasteiger partial charge on any atom is 0.240 e. The molecule has 5 nitrogen and oxygen atoms in total. The molecule has 1 heterocycles. The van der Waals surface area contributed by atoms with E-state index in [2.05, 4.69) is 0 Å². The Hall–Kier alpha value is -0.620. The molecule has 15 heavy (non-hydrogen) atoms. The van der Waals surface area contributed by atoms with E-state index in [4.69, 9.17) is 5.73 Å². The number of sulfone groups is 1. The Morgan fingerprint density at radius 1 is 1.60 bits per heavy atom. The van der Waals surface area contributed by atoms with Crippen LogP contribution < -0.4 is 5.73 Å². The van der Waals surface area contributed by atoms with Crippen molar-refractivity contribution >= 4 is 15.7 Å². The number of hydrogen-bond acceptors (Lipinski definition) is 4. The van der Waals surface area contributed by atoms with Gasteiger partial charge in [0.15, 0.2) is 9.84 Å². The second kappa shape index (κ2) is 4.49. The topological polar surface area (TPSA) is 80.5 Å². The molecule has 2 N–H and O–H groups in total. The third kappa shape index (κ3) is 2.69. The molecule has 0 aliphatic carbocycles. The number of carbonyl (C=O) groups is 1. The predicted octanol–water partition coefficient (Wildman–Crippen LogP) is -0.773. The van der Waals surface area contributed by atoms with Gasteiger partial charge in [0.05, 0.1) is 5.75 Å². The van der Waals surface area contributed by atoms with Crippen LogP contribution in [0.2, 0.25) is 0 Å². The molecule has 88 valence electrons. The fourth-order valence-electron chi connectivity index (χ4n) is 1.70. The van der Waals surface area contributed by atoms with Crippen molar-refractivity contribution in [1.29, 1.82) is 0 Å². The third-order valence-electron chi connectivity index (χ3n) is 2.73. The molecule has 1 rings (SSSR count). The zero-order valence-corrected chi connectivity index (χ0v) is 9.96. The highest BCUT2D eigenvalue weighted by Crippen LogP contribution is 2.19. The van der Waals surface area contributed by atoms with E-state index in [1.165, 1.54) is 4.90 Å². The van der Waals surface area contributed by atoms with E-state index in [1.807, 2.05) is 0 Å². The molecule has 0 aromatic heterocycles. The monoisotopic (exact) mass is 234 g/mol. The van der Waals surface area contributed by atoms with Gasteiger partial charge in [0.2, 0.25) is 5.91 Å². The standard InChI is InChI=1S/C9H18N2O3S/c1-7(5-10)6-15(13,14)8-3-4-11(2)9(8)12/h7-8H,3-6,10H2,1-2H3. The number of amides is 1. The quantitative estimate of drug-likeness (QED) is 0.692. The molecule has 2 unspecified atom stereocenters. The maximum atomic E-state index is 11.9. The van der Waals surface area contributed by atoms with E-state index in [9.17, 15) is 13.2 Å². The van der Waals surface area contributed by atoms with Crippen molar-refractivity contribution in [3.05, 3.63) is 0 Å². The lowest BCUT2D eigenvalue weighted by Gasteiger charge is -2.14. The van der Waals surface area contributed by atoms with Gasteiger partial charge in [-0.05, 0) is 18.9 Å². The Labute approximate surface area is 90.5 Å². The summed E-state index contributed by atoms with van der Waals surface area (Å²) in [5, 5.41) is -0.837. The molecule has 0 saturated carbocycles. The number of carbonyl (C=O) groups excluding carboxylic acids is 1. The molecule has 2 atom stereocenters. The summed E-state index contributed by atoms with van der Waals surface area (Å²) in [5.41, 5.74) is 5.38. The molecule has 0 aromatic rings. The smallest absolute Gasteiger partial charge is 0.240 e. The molecular formula is C9H18N2O3S. The number of nitrogens with zero attached hydrogens (tertiary/aromatic N) is 1. The summed E-state index contributed by atoms with van der Waals surface area (Å²) in [6.45, 7) is 2.64. The summed E-state index contributed by atoms with van der Waals surface area (Å²) in [4.78, 5) is 13.0. The summed E-state index contributed by atoms with van der Waals surface area (Å²) >= 11 is 0. The molecule has 0 spiro atoms. The Kier molecular flexibility index (Phi) is 3.72. The number of nitrogens with two attached hydrogens (primary N) is 1. The highest BCUT2D eigenvalue weighted by molar-refractivity contribution is 7.92. The minimum atomic E-state index is -3.32. The Balaban J connectivity index is 2.75. The summed E-state index contributed by atoms with van der Waals surface area (Å²) in [7, 11) is -1.70. The molecule has 1 aliphatic heterocycles. The minimum absolute atomic E-state index is 0.00769. The van der Waals surface area contributed by atoms with Crippen molar-refractivity contribution in [3.63, 3.8) is 0 Å². The Bertz CT molecular complexity index is 339. The van der Waals surface area contributed by atoms with Crippen LogP contribution in [0, 0.1) is 5.92 Å². The summed E-state index contributed by atoms with van der Waals surface area (Å²) in [5.74, 6) is -0.360. The molecule has 1 saturated heterocycles. The lowest BCUT2D eigenvalue weighted by atomic mass is 10.2. The van der Waals surface area contributed by atoms with Crippen molar-refractivity contribution in [2.24, 2.45) is 11.7 Å². The highest BCUT2D eigenvalue weighted by atomic mass is 32.2. The van der Waals surface area contributed by atoms with E-state index in [1.54, 1.807) is 14.0 Å². The molecule has 1 amide bonds. The second-order valence-electron chi connectivity index (χ2n) is 4.21. The molecule has 0 radical (unpaired) electrons. The number of likely N-dealkylation sites (tertiary alicyclic amines) is 1. The van der Waals surface area contributed by atoms with E-state index >= 15 is 0 Å². The van der Waals surface area contributed by atoms with Crippen molar-refractivity contribution in [2.75, 3.05) is 25.9 Å². The van der Waals surface area contributed by atoms with E-state index < -0.39 is 15.1 Å². The van der Waals surface area contributed by atoms with Gasteiger partial charge in [0, 0.05) is 13.6 Å². The van der Waals surface area contributed by atoms with Crippen LogP contribution in [0.4, 0.5) is 0 Å². The van der Waals surface area contributed by atoms with Crippen LogP contribution in [0.3, 0.4) is 0 Å². The molecule has 1 aliphatic rings. The van der Waals surface area contributed by atoms with Crippen LogP contribution >= 0.6 is 0 Å². The largest absolute Gasteiger partial charge is 0.345 e. The van der Waals surface area contributed by atoms with Crippen LogP contribution in [-0.2, 0) is 14.6 Å². The number of hydrogen-bond donors (Lipinski definition) is 1. The van der Waals surface area contributed by atoms with Gasteiger partial charge in [-0.15, -0.1) is 0 Å².